The molecule has 1 rings (SSSR count). The maximum Gasteiger partial charge on any atom is 0.333 e. The molecule has 0 aromatic heterocycles. The van der Waals surface area contributed by atoms with Crippen LogP contribution in [0.2, 0.25) is 0 Å². The Hall–Kier alpha value is -1.73. The van der Waals surface area contributed by atoms with E-state index in [0.29, 0.717) is 31.3 Å². The second kappa shape index (κ2) is 8.58. The molecular formula is C18H27NO5S. The summed E-state index contributed by atoms with van der Waals surface area (Å²) < 4.78 is 36.1. The minimum Gasteiger partial charge on any atom is -0.456 e. The first-order chi connectivity index (χ1) is 11.4. The number of allylic oxidation sites excluding steroid dienone is 3. The van der Waals surface area contributed by atoms with Gasteiger partial charge in [-0.25, -0.2) is 4.79 Å². The van der Waals surface area contributed by atoms with Gasteiger partial charge in [-0.1, -0.05) is 24.8 Å². The summed E-state index contributed by atoms with van der Waals surface area (Å²) in [6.45, 7) is 8.82. The monoisotopic (exact) mass is 369 g/mol. The van der Waals surface area contributed by atoms with E-state index in [1.807, 2.05) is 38.2 Å². The third-order valence-electron chi connectivity index (χ3n) is 3.76. The summed E-state index contributed by atoms with van der Waals surface area (Å²) in [5.41, 5.74) is -1.05. The van der Waals surface area contributed by atoms with Crippen molar-refractivity contribution in [3.05, 3.63) is 36.5 Å². The topological polar surface area (TPSA) is 93.0 Å². The predicted octanol–water partition coefficient (Wildman–Crippen LogP) is 3.27. The van der Waals surface area contributed by atoms with E-state index in [1.165, 1.54) is 0 Å². The Morgan fingerprint density at radius 2 is 1.96 bits per heavy atom. The van der Waals surface area contributed by atoms with Gasteiger partial charge >= 0.3 is 5.97 Å². The van der Waals surface area contributed by atoms with Crippen LogP contribution in [0.1, 0.15) is 46.5 Å². The quantitative estimate of drug-likeness (QED) is 0.291. The molecule has 0 aliphatic carbocycles. The zero-order chi connectivity index (χ0) is 19.1. The Morgan fingerprint density at radius 1 is 1.28 bits per heavy atom. The second-order valence-corrected chi connectivity index (χ2v) is 8.55. The molecule has 0 saturated heterocycles. The van der Waals surface area contributed by atoms with Crippen molar-refractivity contribution in [2.75, 3.05) is 5.75 Å². The maximum absolute atomic E-state index is 11.9. The summed E-state index contributed by atoms with van der Waals surface area (Å²) in [4.78, 5) is 16.5. The second-order valence-electron chi connectivity index (χ2n) is 6.98. The smallest absolute Gasteiger partial charge is 0.333 e. The molecule has 0 bridgehead atoms. The van der Waals surface area contributed by atoms with Crippen molar-refractivity contribution < 1.29 is 22.5 Å². The average Bonchev–Trinajstić information content (AvgIpc) is 2.67. The summed E-state index contributed by atoms with van der Waals surface area (Å²) >= 11 is 0. The first kappa shape index (κ1) is 21.3. The van der Waals surface area contributed by atoms with E-state index in [9.17, 15) is 13.2 Å². The van der Waals surface area contributed by atoms with Crippen LogP contribution in [0.25, 0.3) is 0 Å². The Morgan fingerprint density at radius 3 is 2.56 bits per heavy atom. The Balaban J connectivity index is 2.85. The molecule has 0 aromatic carbocycles. The highest BCUT2D eigenvalue weighted by Gasteiger charge is 2.36. The van der Waals surface area contributed by atoms with Crippen LogP contribution in [0.5, 0.6) is 0 Å². The van der Waals surface area contributed by atoms with E-state index in [2.05, 4.69) is 11.6 Å². The fourth-order valence-corrected chi connectivity index (χ4v) is 3.32. The summed E-state index contributed by atoms with van der Waals surface area (Å²) in [5, 5.41) is 0. The third-order valence-corrected chi connectivity index (χ3v) is 4.56. The highest BCUT2D eigenvalue weighted by molar-refractivity contribution is 7.85. The van der Waals surface area contributed by atoms with Gasteiger partial charge in [0.05, 0.1) is 11.3 Å². The lowest BCUT2D eigenvalue weighted by Gasteiger charge is -2.35. The molecule has 1 aliphatic rings. The summed E-state index contributed by atoms with van der Waals surface area (Å²) in [7, 11) is -3.96. The lowest BCUT2D eigenvalue weighted by molar-refractivity contribution is -0.152. The van der Waals surface area contributed by atoms with Gasteiger partial charge < -0.3 is 4.74 Å². The van der Waals surface area contributed by atoms with Crippen molar-refractivity contribution in [1.29, 1.82) is 0 Å². The van der Waals surface area contributed by atoms with Crippen LogP contribution < -0.4 is 0 Å². The molecule has 6 nitrogen and oxygen atoms in total. The van der Waals surface area contributed by atoms with Gasteiger partial charge in [0.15, 0.2) is 0 Å². The first-order valence-electron chi connectivity index (χ1n) is 8.18. The summed E-state index contributed by atoms with van der Waals surface area (Å²) in [5.74, 6) is -0.728. The van der Waals surface area contributed by atoms with Gasteiger partial charge in [-0.3, -0.25) is 9.55 Å². The number of rotatable bonds is 9. The summed E-state index contributed by atoms with van der Waals surface area (Å²) in [6.07, 6.45) is 11.1. The number of carbonyl (C=O) groups excluding carboxylic acids is 1. The SMILES string of the molecule is C=C(C)C(=O)OC(C)(C)CC1(CCCCS(=O)(=O)O)C=CC=CC=N1. The standard InChI is InChI=1S/C18H27NO5S/c1-15(2)16(20)24-17(3,4)14-18(10-6-5-8-12-19-18)11-7-9-13-25(21,22)23/h5-6,8,10,12H,1,7,9,11,13-14H2,2-4H3,(H,21,22,23). The van der Waals surface area contributed by atoms with E-state index >= 15 is 0 Å². The Kier molecular flexibility index (Phi) is 7.31. The van der Waals surface area contributed by atoms with Crippen LogP contribution in [-0.2, 0) is 19.6 Å². The molecule has 1 aliphatic heterocycles. The molecule has 0 amide bonds. The molecule has 25 heavy (non-hydrogen) atoms. The van der Waals surface area contributed by atoms with E-state index in [0.717, 1.165) is 0 Å². The Labute approximate surface area is 150 Å². The molecule has 0 saturated carbocycles. The lowest BCUT2D eigenvalue weighted by Crippen LogP contribution is -2.39. The molecule has 0 spiro atoms. The van der Waals surface area contributed by atoms with Crippen molar-refractivity contribution >= 4 is 22.3 Å². The average molecular weight is 369 g/mol. The van der Waals surface area contributed by atoms with Gasteiger partial charge in [0.1, 0.15) is 5.60 Å². The van der Waals surface area contributed by atoms with E-state index in [-0.39, 0.29) is 5.75 Å². The van der Waals surface area contributed by atoms with Gasteiger partial charge in [0, 0.05) is 18.2 Å². The van der Waals surface area contributed by atoms with Crippen molar-refractivity contribution in [3.63, 3.8) is 0 Å². The molecule has 7 heteroatoms. The van der Waals surface area contributed by atoms with Crippen LogP contribution >= 0.6 is 0 Å². The third kappa shape index (κ3) is 8.27. The molecule has 0 aromatic rings. The minimum absolute atomic E-state index is 0.275. The number of nitrogens with zero attached hydrogens (tertiary/aromatic N) is 1. The molecule has 1 heterocycles. The predicted molar refractivity (Wildman–Crippen MR) is 99.4 cm³/mol. The maximum atomic E-state index is 11.9. The number of ether oxygens (including phenoxy) is 1. The number of aliphatic imine (C=N–C) groups is 1. The molecule has 1 unspecified atom stereocenters. The fraction of sp³-hybridized carbons (Fsp3) is 0.556. The van der Waals surface area contributed by atoms with Crippen molar-refractivity contribution in [2.45, 2.75) is 57.6 Å². The molecule has 0 fully saturated rings. The zero-order valence-electron chi connectivity index (χ0n) is 15.1. The van der Waals surface area contributed by atoms with Crippen molar-refractivity contribution in [3.8, 4) is 0 Å². The van der Waals surface area contributed by atoms with Crippen LogP contribution in [0, 0.1) is 0 Å². The van der Waals surface area contributed by atoms with E-state index in [1.54, 1.807) is 13.1 Å². The normalized spacial score (nSPS) is 20.3. The first-order valence-corrected chi connectivity index (χ1v) is 9.79. The molecular weight excluding hydrogens is 342 g/mol. The van der Waals surface area contributed by atoms with E-state index in [4.69, 9.17) is 9.29 Å². The van der Waals surface area contributed by atoms with Gasteiger partial charge in [0.2, 0.25) is 0 Å². The zero-order valence-corrected chi connectivity index (χ0v) is 15.9. The number of hydrogen-bond donors (Lipinski definition) is 1. The highest BCUT2D eigenvalue weighted by atomic mass is 32.2. The van der Waals surface area contributed by atoms with Gasteiger partial charge in [-0.15, -0.1) is 0 Å². The van der Waals surface area contributed by atoms with Crippen molar-refractivity contribution in [1.82, 2.24) is 0 Å². The van der Waals surface area contributed by atoms with E-state index < -0.39 is 27.2 Å². The highest BCUT2D eigenvalue weighted by Crippen LogP contribution is 2.34. The Bertz CT molecular complexity index is 670. The number of esters is 1. The molecule has 140 valence electrons. The minimum atomic E-state index is -3.96. The van der Waals surface area contributed by atoms with Crippen LogP contribution in [0.15, 0.2) is 41.4 Å². The molecule has 1 atom stereocenters. The lowest BCUT2D eigenvalue weighted by atomic mass is 9.82. The van der Waals surface area contributed by atoms with Gasteiger partial charge in [-0.05, 0) is 46.1 Å². The fourth-order valence-electron chi connectivity index (χ4n) is 2.75. The van der Waals surface area contributed by atoms with Gasteiger partial charge in [0.25, 0.3) is 10.1 Å². The number of unbranched alkanes of at least 4 members (excludes halogenated alkanes) is 1. The number of hydrogen-bond acceptors (Lipinski definition) is 5. The summed E-state index contributed by atoms with van der Waals surface area (Å²) in [6, 6.07) is 0. The largest absolute Gasteiger partial charge is 0.456 e. The molecule has 1 N–H and O–H groups in total. The van der Waals surface area contributed by atoms with Crippen LogP contribution in [-0.4, -0.2) is 42.0 Å². The number of carbonyl (C=O) groups is 1. The van der Waals surface area contributed by atoms with Crippen molar-refractivity contribution in [2.24, 2.45) is 4.99 Å². The van der Waals surface area contributed by atoms with Crippen LogP contribution in [0.4, 0.5) is 0 Å². The van der Waals surface area contributed by atoms with Gasteiger partial charge in [-0.2, -0.15) is 8.42 Å². The van der Waals surface area contributed by atoms with Crippen LogP contribution in [0.3, 0.4) is 0 Å². The molecule has 0 radical (unpaired) electrons.